The van der Waals surface area contributed by atoms with Crippen LogP contribution in [0, 0.1) is 0 Å². The fraction of sp³-hybridized carbons (Fsp3) is 0. The van der Waals surface area contributed by atoms with E-state index in [1.807, 2.05) is 36.4 Å². The number of aromatic nitrogens is 1. The molecule has 22 heavy (non-hydrogen) atoms. The maximum absolute atomic E-state index is 6.06. The molecule has 0 fully saturated rings. The molecule has 1 N–H and O–H groups in total. The van der Waals surface area contributed by atoms with E-state index in [0.717, 1.165) is 32.7 Å². The van der Waals surface area contributed by atoms with Crippen LogP contribution in [0.1, 0.15) is 11.3 Å². The van der Waals surface area contributed by atoms with Crippen LogP contribution in [0.2, 0.25) is 10.0 Å². The van der Waals surface area contributed by atoms with Crippen LogP contribution in [0.15, 0.2) is 46.3 Å². The SMILES string of the molecule is S=C1C(c2[nH]c3ccc(Cl)cc3c2S)=Nc2ccc(Cl)cc21. The van der Waals surface area contributed by atoms with Crippen LogP contribution in [-0.4, -0.2) is 15.6 Å². The van der Waals surface area contributed by atoms with E-state index < -0.39 is 0 Å². The van der Waals surface area contributed by atoms with E-state index in [1.54, 1.807) is 0 Å². The molecule has 108 valence electrons. The van der Waals surface area contributed by atoms with Crippen molar-refractivity contribution in [1.82, 2.24) is 4.98 Å². The van der Waals surface area contributed by atoms with Crippen molar-refractivity contribution >= 4 is 75.2 Å². The Balaban J connectivity index is 1.91. The van der Waals surface area contributed by atoms with Crippen LogP contribution in [0.4, 0.5) is 5.69 Å². The number of aromatic amines is 1. The van der Waals surface area contributed by atoms with E-state index in [-0.39, 0.29) is 0 Å². The molecule has 2 heterocycles. The number of nitrogens with one attached hydrogen (secondary N) is 1. The van der Waals surface area contributed by atoms with E-state index in [9.17, 15) is 0 Å². The Labute approximate surface area is 147 Å². The highest BCUT2D eigenvalue weighted by atomic mass is 35.5. The van der Waals surface area contributed by atoms with Gasteiger partial charge in [-0.1, -0.05) is 35.4 Å². The largest absolute Gasteiger partial charge is 0.352 e. The molecular weight excluding hydrogens is 355 g/mol. The molecule has 3 aromatic rings. The lowest BCUT2D eigenvalue weighted by Gasteiger charge is -2.00. The van der Waals surface area contributed by atoms with E-state index in [2.05, 4.69) is 22.6 Å². The minimum absolute atomic E-state index is 0.645. The third-order valence-corrected chi connectivity index (χ3v) is 4.97. The molecule has 0 unspecified atom stereocenters. The normalized spacial score (nSPS) is 13.6. The summed E-state index contributed by atoms with van der Waals surface area (Å²) in [7, 11) is 0. The van der Waals surface area contributed by atoms with Gasteiger partial charge in [0.25, 0.3) is 0 Å². The van der Waals surface area contributed by atoms with Crippen LogP contribution in [0.5, 0.6) is 0 Å². The second-order valence-electron chi connectivity index (χ2n) is 4.99. The van der Waals surface area contributed by atoms with Gasteiger partial charge in [-0.2, -0.15) is 0 Å². The smallest absolute Gasteiger partial charge is 0.107 e. The van der Waals surface area contributed by atoms with Gasteiger partial charge in [-0.05, 0) is 36.4 Å². The van der Waals surface area contributed by atoms with Gasteiger partial charge >= 0.3 is 0 Å². The molecule has 4 rings (SSSR count). The lowest BCUT2D eigenvalue weighted by Crippen LogP contribution is -2.10. The number of rotatable bonds is 1. The third-order valence-electron chi connectivity index (χ3n) is 3.62. The quantitative estimate of drug-likeness (QED) is 0.427. The monoisotopic (exact) mass is 362 g/mol. The summed E-state index contributed by atoms with van der Waals surface area (Å²) in [6.45, 7) is 0. The Kier molecular flexibility index (Phi) is 3.31. The van der Waals surface area contributed by atoms with Gasteiger partial charge < -0.3 is 4.98 Å². The summed E-state index contributed by atoms with van der Waals surface area (Å²) in [4.78, 5) is 9.41. The molecule has 2 nitrogen and oxygen atoms in total. The number of hydrogen-bond donors (Lipinski definition) is 2. The average Bonchev–Trinajstić information content (AvgIpc) is 2.98. The van der Waals surface area contributed by atoms with Crippen molar-refractivity contribution in [2.45, 2.75) is 4.90 Å². The highest BCUT2D eigenvalue weighted by Crippen LogP contribution is 2.35. The first-order chi connectivity index (χ1) is 10.5. The van der Waals surface area contributed by atoms with E-state index in [1.165, 1.54) is 0 Å². The minimum atomic E-state index is 0.645. The molecule has 0 radical (unpaired) electrons. The first kappa shape index (κ1) is 14.3. The zero-order valence-corrected chi connectivity index (χ0v) is 14.2. The molecule has 2 aromatic carbocycles. The first-order valence-corrected chi connectivity index (χ1v) is 8.09. The number of thiocarbonyl (C=S) groups is 1. The Morgan fingerprint density at radius 2 is 1.77 bits per heavy atom. The van der Waals surface area contributed by atoms with E-state index in [4.69, 9.17) is 35.4 Å². The third kappa shape index (κ3) is 2.10. The van der Waals surface area contributed by atoms with Gasteiger partial charge in [0.05, 0.1) is 16.2 Å². The lowest BCUT2D eigenvalue weighted by molar-refractivity contribution is 1.36. The van der Waals surface area contributed by atoms with Crippen molar-refractivity contribution in [1.29, 1.82) is 0 Å². The van der Waals surface area contributed by atoms with Crippen molar-refractivity contribution < 1.29 is 0 Å². The van der Waals surface area contributed by atoms with Crippen LogP contribution in [0.3, 0.4) is 0 Å². The maximum Gasteiger partial charge on any atom is 0.107 e. The number of nitrogens with zero attached hydrogens (tertiary/aromatic N) is 1. The molecule has 0 atom stereocenters. The van der Waals surface area contributed by atoms with Crippen LogP contribution < -0.4 is 0 Å². The molecule has 1 aromatic heterocycles. The first-order valence-electron chi connectivity index (χ1n) is 6.48. The Bertz CT molecular complexity index is 989. The molecular formula is C16H8Cl2N2S2. The fourth-order valence-electron chi connectivity index (χ4n) is 2.58. The number of H-pyrrole nitrogens is 1. The number of halogens is 2. The molecule has 0 spiro atoms. The Morgan fingerprint density at radius 3 is 2.59 bits per heavy atom. The zero-order chi connectivity index (χ0) is 15.4. The van der Waals surface area contributed by atoms with Gasteiger partial charge in [-0.15, -0.1) is 12.6 Å². The fourth-order valence-corrected chi connectivity index (χ4v) is 3.58. The summed E-state index contributed by atoms with van der Waals surface area (Å²) >= 11 is 22.3. The van der Waals surface area contributed by atoms with Crippen molar-refractivity contribution in [3.63, 3.8) is 0 Å². The summed E-state index contributed by atoms with van der Waals surface area (Å²) in [6, 6.07) is 11.1. The standard InChI is InChI=1S/C16H8Cl2N2S2/c17-7-1-3-11-9(5-7)15(21)13(19-11)14-16(22)10-6-8(18)2-4-12(10)20-14/h1-6,19,21H. The van der Waals surface area contributed by atoms with Crippen molar-refractivity contribution in [3.05, 3.63) is 57.7 Å². The number of benzene rings is 2. The summed E-state index contributed by atoms with van der Waals surface area (Å²) in [5.74, 6) is 0. The summed E-state index contributed by atoms with van der Waals surface area (Å²) in [5.41, 5.74) is 4.17. The number of aliphatic imine (C=N–C) groups is 1. The number of hydrogen-bond acceptors (Lipinski definition) is 3. The molecule has 1 aliphatic rings. The predicted molar refractivity (Wildman–Crippen MR) is 99.9 cm³/mol. The van der Waals surface area contributed by atoms with Crippen LogP contribution >= 0.6 is 48.0 Å². The second kappa shape index (κ2) is 5.10. The van der Waals surface area contributed by atoms with Gasteiger partial charge in [0, 0.05) is 31.4 Å². The van der Waals surface area contributed by atoms with Crippen molar-refractivity contribution in [2.75, 3.05) is 0 Å². The minimum Gasteiger partial charge on any atom is -0.352 e. The molecule has 6 heteroatoms. The van der Waals surface area contributed by atoms with Gasteiger partial charge in [-0.25, -0.2) is 4.99 Å². The van der Waals surface area contributed by atoms with Gasteiger partial charge in [0.1, 0.15) is 5.71 Å². The van der Waals surface area contributed by atoms with Crippen molar-refractivity contribution in [2.24, 2.45) is 4.99 Å². The van der Waals surface area contributed by atoms with Gasteiger partial charge in [0.2, 0.25) is 0 Å². The molecule has 0 saturated carbocycles. The van der Waals surface area contributed by atoms with E-state index in [0.29, 0.717) is 20.6 Å². The molecule has 0 saturated heterocycles. The summed E-state index contributed by atoms with van der Waals surface area (Å²) in [6.07, 6.45) is 0. The van der Waals surface area contributed by atoms with Crippen LogP contribution in [0.25, 0.3) is 10.9 Å². The number of thiol groups is 1. The second-order valence-corrected chi connectivity index (χ2v) is 6.72. The van der Waals surface area contributed by atoms with Gasteiger partial charge in [0.15, 0.2) is 0 Å². The number of fused-ring (bicyclic) bond motifs is 2. The zero-order valence-electron chi connectivity index (χ0n) is 11.0. The van der Waals surface area contributed by atoms with Crippen LogP contribution in [-0.2, 0) is 0 Å². The topological polar surface area (TPSA) is 28.1 Å². The highest BCUT2D eigenvalue weighted by Gasteiger charge is 2.25. The summed E-state index contributed by atoms with van der Waals surface area (Å²) < 4.78 is 0. The Morgan fingerprint density at radius 1 is 1.05 bits per heavy atom. The van der Waals surface area contributed by atoms with Crippen molar-refractivity contribution in [3.8, 4) is 0 Å². The molecule has 0 amide bonds. The van der Waals surface area contributed by atoms with E-state index >= 15 is 0 Å². The molecule has 0 bridgehead atoms. The molecule has 0 aliphatic carbocycles. The molecule has 1 aliphatic heterocycles. The lowest BCUT2D eigenvalue weighted by atomic mass is 10.1. The van der Waals surface area contributed by atoms with Gasteiger partial charge in [-0.3, -0.25) is 0 Å². The maximum atomic E-state index is 6.06. The average molecular weight is 363 g/mol. The predicted octanol–water partition coefficient (Wildman–Crippen LogP) is 5.62. The Hall–Kier alpha value is -1.33. The highest BCUT2D eigenvalue weighted by molar-refractivity contribution is 7.83. The summed E-state index contributed by atoms with van der Waals surface area (Å²) in [5, 5.41) is 2.26.